The molecule has 0 saturated carbocycles. The number of aliphatic hydroxyl groups excluding tert-OH is 1. The molecule has 0 fully saturated rings. The van der Waals surface area contributed by atoms with Gasteiger partial charge in [0.15, 0.2) is 0 Å². The predicted octanol–water partition coefficient (Wildman–Crippen LogP) is 0.963. The molecule has 0 aromatic heterocycles. The van der Waals surface area contributed by atoms with Gasteiger partial charge in [0.2, 0.25) is 5.91 Å². The molecule has 0 aliphatic rings. The van der Waals surface area contributed by atoms with Crippen molar-refractivity contribution in [2.75, 3.05) is 33.9 Å². The van der Waals surface area contributed by atoms with E-state index in [0.717, 1.165) is 11.3 Å². The van der Waals surface area contributed by atoms with Gasteiger partial charge in [-0.1, -0.05) is 18.2 Å². The first-order chi connectivity index (χ1) is 9.62. The molecule has 110 valence electrons. The van der Waals surface area contributed by atoms with Crippen molar-refractivity contribution >= 4 is 5.91 Å². The third-order valence-electron chi connectivity index (χ3n) is 3.04. The summed E-state index contributed by atoms with van der Waals surface area (Å²) >= 11 is 0. The van der Waals surface area contributed by atoms with Crippen LogP contribution in [0.1, 0.15) is 11.6 Å². The Morgan fingerprint density at radius 2 is 2.15 bits per heavy atom. The van der Waals surface area contributed by atoms with Crippen LogP contribution in [0.2, 0.25) is 0 Å². The molecule has 1 aromatic rings. The van der Waals surface area contributed by atoms with E-state index in [1.165, 1.54) is 0 Å². The Morgan fingerprint density at radius 1 is 1.50 bits per heavy atom. The fourth-order valence-corrected chi connectivity index (χ4v) is 1.90. The molecule has 0 aliphatic carbocycles. The zero-order valence-electron chi connectivity index (χ0n) is 12.0. The van der Waals surface area contributed by atoms with Gasteiger partial charge in [0, 0.05) is 6.54 Å². The lowest BCUT2D eigenvalue weighted by atomic mass is 10.1. The largest absolute Gasteiger partial charge is 0.497 e. The molecule has 0 heterocycles. The number of likely N-dealkylation sites (N-methyl/N-ethyl adjacent to an activating group) is 1. The highest BCUT2D eigenvalue weighted by Crippen LogP contribution is 2.21. The van der Waals surface area contributed by atoms with E-state index in [1.54, 1.807) is 25.1 Å². The number of carbonyl (C=O) groups excluding carboxylic acids is 1. The molecule has 1 rings (SSSR count). The lowest BCUT2D eigenvalue weighted by molar-refractivity contribution is -0.122. The first-order valence-electron chi connectivity index (χ1n) is 6.45. The summed E-state index contributed by atoms with van der Waals surface area (Å²) in [4.78, 5) is 13.5. The molecular formula is C15H22N2O3. The summed E-state index contributed by atoms with van der Waals surface area (Å²) < 4.78 is 5.10. The van der Waals surface area contributed by atoms with Crippen molar-refractivity contribution in [1.82, 2.24) is 10.2 Å². The van der Waals surface area contributed by atoms with Gasteiger partial charge in [0.1, 0.15) is 5.75 Å². The number of hydrogen-bond acceptors (Lipinski definition) is 4. The fraction of sp³-hybridized carbons (Fsp3) is 0.400. The molecule has 0 radical (unpaired) electrons. The molecule has 5 nitrogen and oxygen atoms in total. The molecule has 0 saturated heterocycles. The Balaban J connectivity index is 2.68. The van der Waals surface area contributed by atoms with Crippen molar-refractivity contribution in [3.05, 3.63) is 42.5 Å². The Morgan fingerprint density at radius 3 is 2.65 bits per heavy atom. The number of aliphatic hydroxyl groups is 1. The van der Waals surface area contributed by atoms with Crippen molar-refractivity contribution in [3.8, 4) is 5.75 Å². The molecule has 1 aromatic carbocycles. The van der Waals surface area contributed by atoms with Gasteiger partial charge in [-0.2, -0.15) is 0 Å². The summed E-state index contributed by atoms with van der Waals surface area (Å²) in [5.74, 6) is 0.663. The van der Waals surface area contributed by atoms with Crippen molar-refractivity contribution in [1.29, 1.82) is 0 Å². The van der Waals surface area contributed by atoms with E-state index in [9.17, 15) is 9.90 Å². The van der Waals surface area contributed by atoms with E-state index in [-0.39, 0.29) is 25.1 Å². The van der Waals surface area contributed by atoms with Gasteiger partial charge in [-0.3, -0.25) is 9.69 Å². The monoisotopic (exact) mass is 278 g/mol. The second kappa shape index (κ2) is 8.35. The maximum absolute atomic E-state index is 11.7. The molecule has 0 spiro atoms. The first-order valence-corrected chi connectivity index (χ1v) is 6.45. The van der Waals surface area contributed by atoms with E-state index in [2.05, 4.69) is 11.9 Å². The summed E-state index contributed by atoms with van der Waals surface area (Å²) in [5, 5.41) is 12.3. The quantitative estimate of drug-likeness (QED) is 0.695. The molecule has 0 aliphatic heterocycles. The lowest BCUT2D eigenvalue weighted by Gasteiger charge is -2.26. The topological polar surface area (TPSA) is 61.8 Å². The number of benzene rings is 1. The van der Waals surface area contributed by atoms with E-state index >= 15 is 0 Å². The van der Waals surface area contributed by atoms with Crippen LogP contribution in [0.5, 0.6) is 5.75 Å². The second-order valence-electron chi connectivity index (χ2n) is 4.48. The van der Waals surface area contributed by atoms with Crippen molar-refractivity contribution < 1.29 is 14.6 Å². The summed E-state index contributed by atoms with van der Waals surface area (Å²) in [7, 11) is 3.41. The van der Waals surface area contributed by atoms with Gasteiger partial charge in [-0.05, 0) is 24.7 Å². The number of ether oxygens (including phenoxy) is 1. The molecule has 1 amide bonds. The van der Waals surface area contributed by atoms with Crippen LogP contribution >= 0.6 is 0 Å². The Hall–Kier alpha value is -1.85. The minimum Gasteiger partial charge on any atom is -0.497 e. The zero-order valence-corrected chi connectivity index (χ0v) is 12.0. The highest BCUT2D eigenvalue weighted by molar-refractivity contribution is 5.78. The van der Waals surface area contributed by atoms with Gasteiger partial charge in [0.05, 0.1) is 26.3 Å². The van der Waals surface area contributed by atoms with Crippen LogP contribution in [-0.4, -0.2) is 49.8 Å². The SMILES string of the molecule is C=CCNC(=O)CN(C)C(CO)c1ccc(OC)cc1. The molecule has 0 bridgehead atoms. The van der Waals surface area contributed by atoms with Crippen molar-refractivity contribution in [2.24, 2.45) is 0 Å². The van der Waals surface area contributed by atoms with Crippen LogP contribution in [0.4, 0.5) is 0 Å². The van der Waals surface area contributed by atoms with E-state index in [1.807, 2.05) is 24.3 Å². The van der Waals surface area contributed by atoms with Gasteiger partial charge >= 0.3 is 0 Å². The van der Waals surface area contributed by atoms with Crippen LogP contribution in [0.3, 0.4) is 0 Å². The Bertz CT molecular complexity index is 431. The van der Waals surface area contributed by atoms with Gasteiger partial charge < -0.3 is 15.2 Å². The van der Waals surface area contributed by atoms with Gasteiger partial charge in [-0.25, -0.2) is 0 Å². The number of rotatable bonds is 8. The van der Waals surface area contributed by atoms with E-state index in [4.69, 9.17) is 4.74 Å². The fourth-order valence-electron chi connectivity index (χ4n) is 1.90. The minimum absolute atomic E-state index is 0.0580. The molecular weight excluding hydrogens is 256 g/mol. The van der Waals surface area contributed by atoms with Crippen molar-refractivity contribution in [3.63, 3.8) is 0 Å². The number of nitrogens with zero attached hydrogens (tertiary/aromatic N) is 1. The number of hydrogen-bond donors (Lipinski definition) is 2. The third-order valence-corrected chi connectivity index (χ3v) is 3.04. The summed E-state index contributed by atoms with van der Waals surface area (Å²) in [6, 6.07) is 7.22. The minimum atomic E-state index is -0.226. The van der Waals surface area contributed by atoms with Gasteiger partial charge in [-0.15, -0.1) is 6.58 Å². The lowest BCUT2D eigenvalue weighted by Crippen LogP contribution is -2.38. The predicted molar refractivity (Wildman–Crippen MR) is 78.7 cm³/mol. The van der Waals surface area contributed by atoms with E-state index < -0.39 is 0 Å². The maximum atomic E-state index is 11.7. The summed E-state index contributed by atoms with van der Waals surface area (Å²) in [6.07, 6.45) is 1.63. The van der Waals surface area contributed by atoms with Crippen LogP contribution in [0.15, 0.2) is 36.9 Å². The number of amides is 1. The zero-order chi connectivity index (χ0) is 15.0. The number of methoxy groups -OCH3 is 1. The molecule has 20 heavy (non-hydrogen) atoms. The summed E-state index contributed by atoms with van der Waals surface area (Å²) in [5.41, 5.74) is 0.937. The highest BCUT2D eigenvalue weighted by Gasteiger charge is 2.18. The smallest absolute Gasteiger partial charge is 0.234 e. The van der Waals surface area contributed by atoms with E-state index in [0.29, 0.717) is 6.54 Å². The normalized spacial score (nSPS) is 12.0. The first kappa shape index (κ1) is 16.2. The Labute approximate surface area is 119 Å². The summed E-state index contributed by atoms with van der Waals surface area (Å²) in [6.45, 7) is 4.15. The van der Waals surface area contributed by atoms with Crippen molar-refractivity contribution in [2.45, 2.75) is 6.04 Å². The number of nitrogens with one attached hydrogen (secondary N) is 1. The Kier molecular flexibility index (Phi) is 6.76. The highest BCUT2D eigenvalue weighted by atomic mass is 16.5. The molecule has 1 atom stereocenters. The van der Waals surface area contributed by atoms with Crippen LogP contribution in [0, 0.1) is 0 Å². The van der Waals surface area contributed by atoms with Gasteiger partial charge in [0.25, 0.3) is 0 Å². The third kappa shape index (κ3) is 4.68. The average Bonchev–Trinajstić information content (AvgIpc) is 2.46. The van der Waals surface area contributed by atoms with Crippen LogP contribution in [0.25, 0.3) is 0 Å². The maximum Gasteiger partial charge on any atom is 0.234 e. The average molecular weight is 278 g/mol. The van der Waals surface area contributed by atoms with Crippen LogP contribution < -0.4 is 10.1 Å². The molecule has 1 unspecified atom stereocenters. The molecule has 2 N–H and O–H groups in total. The second-order valence-corrected chi connectivity index (χ2v) is 4.48. The number of carbonyl (C=O) groups is 1. The standard InChI is InChI=1S/C15H22N2O3/c1-4-9-16-15(19)10-17(2)14(11-18)12-5-7-13(20-3)8-6-12/h4-8,14,18H,1,9-11H2,2-3H3,(H,16,19). The van der Waals surface area contributed by atoms with Crippen LogP contribution in [-0.2, 0) is 4.79 Å². The molecule has 5 heteroatoms.